The van der Waals surface area contributed by atoms with Crippen molar-refractivity contribution in [2.45, 2.75) is 25.9 Å². The lowest BCUT2D eigenvalue weighted by atomic mass is 10.2. The molecule has 1 atom stereocenters. The first-order chi connectivity index (χ1) is 14.1. The van der Waals surface area contributed by atoms with Gasteiger partial charge in [0.05, 0.1) is 6.10 Å². The highest BCUT2D eigenvalue weighted by Gasteiger charge is 2.16. The van der Waals surface area contributed by atoms with E-state index in [4.69, 9.17) is 4.74 Å². The van der Waals surface area contributed by atoms with Gasteiger partial charge in [-0.25, -0.2) is 4.79 Å². The van der Waals surface area contributed by atoms with E-state index >= 15 is 0 Å². The van der Waals surface area contributed by atoms with Crippen LogP contribution in [-0.2, 0) is 4.74 Å². The maximum atomic E-state index is 12.5. The third kappa shape index (κ3) is 4.75. The van der Waals surface area contributed by atoms with Gasteiger partial charge < -0.3 is 25.7 Å². The number of amides is 3. The predicted molar refractivity (Wildman–Crippen MR) is 113 cm³/mol. The summed E-state index contributed by atoms with van der Waals surface area (Å²) in [5.41, 5.74) is 3.86. The normalized spacial score (nSPS) is 16.0. The molecular weight excluding hydrogens is 368 g/mol. The van der Waals surface area contributed by atoms with Gasteiger partial charge in [0.25, 0.3) is 5.91 Å². The van der Waals surface area contributed by atoms with Crippen molar-refractivity contribution in [3.8, 4) is 0 Å². The lowest BCUT2D eigenvalue weighted by Crippen LogP contribution is -2.35. The van der Waals surface area contributed by atoms with Gasteiger partial charge >= 0.3 is 6.03 Å². The van der Waals surface area contributed by atoms with E-state index in [9.17, 15) is 9.59 Å². The average Bonchev–Trinajstić information content (AvgIpc) is 3.37. The van der Waals surface area contributed by atoms with E-state index in [1.54, 1.807) is 24.3 Å². The minimum atomic E-state index is -0.273. The zero-order chi connectivity index (χ0) is 20.2. The van der Waals surface area contributed by atoms with Gasteiger partial charge in [-0.05, 0) is 61.7 Å². The molecule has 1 fully saturated rings. The van der Waals surface area contributed by atoms with Crippen molar-refractivity contribution in [1.29, 1.82) is 0 Å². The van der Waals surface area contributed by atoms with Gasteiger partial charge in [-0.3, -0.25) is 4.79 Å². The lowest BCUT2D eigenvalue weighted by molar-refractivity contribution is 0.102. The Morgan fingerprint density at radius 3 is 2.55 bits per heavy atom. The molecule has 29 heavy (non-hydrogen) atoms. The van der Waals surface area contributed by atoms with Crippen molar-refractivity contribution >= 4 is 34.2 Å². The third-order valence-corrected chi connectivity index (χ3v) is 4.94. The van der Waals surface area contributed by atoms with E-state index in [-0.39, 0.29) is 18.0 Å². The first-order valence-electron chi connectivity index (χ1n) is 9.74. The molecule has 3 aromatic rings. The van der Waals surface area contributed by atoms with Crippen LogP contribution in [0.25, 0.3) is 10.9 Å². The molecule has 0 spiro atoms. The predicted octanol–water partition coefficient (Wildman–Crippen LogP) is 4.03. The van der Waals surface area contributed by atoms with Gasteiger partial charge in [-0.15, -0.1) is 0 Å². The second kappa shape index (κ2) is 8.36. The number of aromatic nitrogens is 1. The number of aryl methyl sites for hydroxylation is 1. The summed E-state index contributed by atoms with van der Waals surface area (Å²) >= 11 is 0. The van der Waals surface area contributed by atoms with Crippen molar-refractivity contribution in [3.63, 3.8) is 0 Å². The van der Waals surface area contributed by atoms with Crippen LogP contribution in [0.2, 0.25) is 0 Å². The summed E-state index contributed by atoms with van der Waals surface area (Å²) in [6.45, 7) is 3.28. The fourth-order valence-electron chi connectivity index (χ4n) is 3.39. The van der Waals surface area contributed by atoms with E-state index in [0.29, 0.717) is 23.6 Å². The van der Waals surface area contributed by atoms with Crippen molar-refractivity contribution in [2.24, 2.45) is 0 Å². The highest BCUT2D eigenvalue weighted by atomic mass is 16.5. The Hall–Kier alpha value is -3.32. The lowest BCUT2D eigenvalue weighted by Gasteiger charge is -2.12. The molecule has 1 aromatic heterocycles. The number of rotatable bonds is 5. The SMILES string of the molecule is Cc1ccc2cc(C(=O)Nc3ccc(NC(=O)NCC4CCCO4)cc3)[nH]c2c1. The summed E-state index contributed by atoms with van der Waals surface area (Å²) in [6.07, 6.45) is 2.12. The maximum Gasteiger partial charge on any atom is 0.319 e. The zero-order valence-corrected chi connectivity index (χ0v) is 16.2. The van der Waals surface area contributed by atoms with Crippen molar-refractivity contribution in [2.75, 3.05) is 23.8 Å². The number of hydrogen-bond donors (Lipinski definition) is 4. The van der Waals surface area contributed by atoms with Crippen molar-refractivity contribution < 1.29 is 14.3 Å². The van der Waals surface area contributed by atoms with Crippen LogP contribution in [-0.4, -0.2) is 36.2 Å². The Kier molecular flexibility index (Phi) is 5.48. The molecule has 7 nitrogen and oxygen atoms in total. The van der Waals surface area contributed by atoms with Crippen LogP contribution in [0.15, 0.2) is 48.5 Å². The van der Waals surface area contributed by atoms with Gasteiger partial charge in [0.15, 0.2) is 0 Å². The zero-order valence-electron chi connectivity index (χ0n) is 16.2. The second-order valence-electron chi connectivity index (χ2n) is 7.28. The van der Waals surface area contributed by atoms with E-state index in [0.717, 1.165) is 35.9 Å². The van der Waals surface area contributed by atoms with Crippen LogP contribution in [0, 0.1) is 6.92 Å². The molecule has 4 rings (SSSR count). The molecule has 2 aromatic carbocycles. The number of fused-ring (bicyclic) bond motifs is 1. The molecular formula is C22H24N4O3. The van der Waals surface area contributed by atoms with E-state index in [1.807, 2.05) is 31.2 Å². The number of carbonyl (C=O) groups is 2. The molecule has 1 unspecified atom stereocenters. The first-order valence-corrected chi connectivity index (χ1v) is 9.74. The molecule has 4 N–H and O–H groups in total. The molecule has 0 bridgehead atoms. The Bertz CT molecular complexity index is 1020. The summed E-state index contributed by atoms with van der Waals surface area (Å²) in [6, 6.07) is 14.6. The molecule has 7 heteroatoms. The number of hydrogen-bond acceptors (Lipinski definition) is 3. The van der Waals surface area contributed by atoms with E-state index in [1.165, 1.54) is 0 Å². The fraction of sp³-hybridized carbons (Fsp3) is 0.273. The number of anilines is 2. The van der Waals surface area contributed by atoms with Crippen LogP contribution >= 0.6 is 0 Å². The molecule has 0 saturated carbocycles. The minimum absolute atomic E-state index is 0.104. The topological polar surface area (TPSA) is 95.2 Å². The van der Waals surface area contributed by atoms with Gasteiger partial charge in [-0.1, -0.05) is 12.1 Å². The van der Waals surface area contributed by atoms with Crippen molar-refractivity contribution in [3.05, 3.63) is 59.8 Å². The van der Waals surface area contributed by atoms with Gasteiger partial charge in [0.2, 0.25) is 0 Å². The second-order valence-corrected chi connectivity index (χ2v) is 7.28. The van der Waals surface area contributed by atoms with Crippen LogP contribution in [0.3, 0.4) is 0 Å². The molecule has 0 radical (unpaired) electrons. The Morgan fingerprint density at radius 2 is 1.83 bits per heavy atom. The summed E-state index contributed by atoms with van der Waals surface area (Å²) in [7, 11) is 0. The number of aromatic amines is 1. The van der Waals surface area contributed by atoms with Gasteiger partial charge in [0.1, 0.15) is 5.69 Å². The number of ether oxygens (including phenoxy) is 1. The highest BCUT2D eigenvalue weighted by Crippen LogP contribution is 2.19. The summed E-state index contributed by atoms with van der Waals surface area (Å²) in [5, 5.41) is 9.44. The van der Waals surface area contributed by atoms with Crippen LogP contribution < -0.4 is 16.0 Å². The number of H-pyrrole nitrogens is 1. The molecule has 0 aliphatic carbocycles. The standard InChI is InChI=1S/C22H24N4O3/c1-14-4-5-15-12-20(26-19(15)11-14)21(27)24-16-6-8-17(9-7-16)25-22(28)23-13-18-3-2-10-29-18/h4-9,11-12,18,26H,2-3,10,13H2,1H3,(H,24,27)(H2,23,25,28). The molecule has 2 heterocycles. The third-order valence-electron chi connectivity index (χ3n) is 4.94. The van der Waals surface area contributed by atoms with Crippen LogP contribution in [0.5, 0.6) is 0 Å². The smallest absolute Gasteiger partial charge is 0.319 e. The molecule has 3 amide bonds. The van der Waals surface area contributed by atoms with Crippen LogP contribution in [0.4, 0.5) is 16.2 Å². The van der Waals surface area contributed by atoms with Gasteiger partial charge in [0, 0.05) is 35.4 Å². The van der Waals surface area contributed by atoms with E-state index in [2.05, 4.69) is 20.9 Å². The van der Waals surface area contributed by atoms with Crippen LogP contribution in [0.1, 0.15) is 28.9 Å². The average molecular weight is 392 g/mol. The number of carbonyl (C=O) groups excluding carboxylic acids is 2. The quantitative estimate of drug-likeness (QED) is 0.528. The molecule has 1 aliphatic rings. The van der Waals surface area contributed by atoms with Gasteiger partial charge in [-0.2, -0.15) is 0 Å². The first kappa shape index (κ1) is 19.0. The number of benzene rings is 2. The summed E-state index contributed by atoms with van der Waals surface area (Å²) in [5.74, 6) is -0.214. The monoisotopic (exact) mass is 392 g/mol. The number of urea groups is 1. The number of nitrogens with one attached hydrogen (secondary N) is 4. The Balaban J connectivity index is 1.32. The molecule has 150 valence electrons. The maximum absolute atomic E-state index is 12.5. The Labute approximate surface area is 168 Å². The largest absolute Gasteiger partial charge is 0.376 e. The van der Waals surface area contributed by atoms with E-state index < -0.39 is 0 Å². The Morgan fingerprint density at radius 1 is 1.07 bits per heavy atom. The fourth-order valence-corrected chi connectivity index (χ4v) is 3.39. The molecule has 1 aliphatic heterocycles. The highest BCUT2D eigenvalue weighted by molar-refractivity contribution is 6.06. The summed E-state index contributed by atoms with van der Waals surface area (Å²) in [4.78, 5) is 27.6. The summed E-state index contributed by atoms with van der Waals surface area (Å²) < 4.78 is 5.48. The molecule has 1 saturated heterocycles. The minimum Gasteiger partial charge on any atom is -0.376 e. The van der Waals surface area contributed by atoms with Crippen molar-refractivity contribution in [1.82, 2.24) is 10.3 Å².